The maximum atomic E-state index is 12.5. The van der Waals surface area contributed by atoms with Gasteiger partial charge in [-0.15, -0.1) is 11.3 Å². The van der Waals surface area contributed by atoms with Crippen LogP contribution in [0.2, 0.25) is 4.34 Å². The van der Waals surface area contributed by atoms with E-state index in [0.717, 1.165) is 32.8 Å². The molecule has 0 unspecified atom stereocenters. The summed E-state index contributed by atoms with van der Waals surface area (Å²) in [6.45, 7) is 5.22. The van der Waals surface area contributed by atoms with E-state index >= 15 is 0 Å². The van der Waals surface area contributed by atoms with Crippen LogP contribution in [0.25, 0.3) is 10.9 Å². The van der Waals surface area contributed by atoms with Gasteiger partial charge < -0.3 is 20.1 Å². The van der Waals surface area contributed by atoms with Crippen molar-refractivity contribution in [1.82, 2.24) is 15.1 Å². The predicted octanol–water partition coefficient (Wildman–Crippen LogP) is 5.51. The molecule has 188 valence electrons. The number of aromatic nitrogens is 2. The Morgan fingerprint density at radius 3 is 2.56 bits per heavy atom. The van der Waals surface area contributed by atoms with Crippen LogP contribution in [0, 0.1) is 0 Å². The number of rotatable bonds is 9. The molecule has 0 spiro atoms. The van der Waals surface area contributed by atoms with Gasteiger partial charge in [-0.25, -0.2) is 0 Å². The number of nitrogens with zero attached hydrogens (tertiary/aromatic N) is 2. The molecule has 2 heterocycles. The number of esters is 1. The molecule has 10 heteroatoms. The lowest BCUT2D eigenvalue weighted by Crippen LogP contribution is -2.44. The third kappa shape index (κ3) is 5.80. The number of hydrogen-bond donors (Lipinski definition) is 2. The lowest BCUT2D eigenvalue weighted by atomic mass is 10.1. The molecule has 36 heavy (non-hydrogen) atoms. The summed E-state index contributed by atoms with van der Waals surface area (Å²) < 4.78 is 13.3. The van der Waals surface area contributed by atoms with Crippen molar-refractivity contribution < 1.29 is 19.1 Å². The maximum absolute atomic E-state index is 12.5. The molecule has 0 saturated carbocycles. The molecule has 4 aromatic rings. The van der Waals surface area contributed by atoms with Gasteiger partial charge >= 0.3 is 5.97 Å². The third-order valence-corrected chi connectivity index (χ3v) is 6.64. The molecule has 8 nitrogen and oxygen atoms in total. The Labute approximate surface area is 218 Å². The first kappa shape index (κ1) is 25.5. The van der Waals surface area contributed by atoms with Crippen LogP contribution in [0.5, 0.6) is 5.75 Å². The molecule has 0 fully saturated rings. The van der Waals surface area contributed by atoms with E-state index < -0.39 is 11.6 Å². The van der Waals surface area contributed by atoms with Gasteiger partial charge in [0.05, 0.1) is 33.9 Å². The molecular formula is C26H27ClN4O4S. The van der Waals surface area contributed by atoms with Crippen molar-refractivity contribution in [2.24, 2.45) is 0 Å². The van der Waals surface area contributed by atoms with Gasteiger partial charge in [-0.2, -0.15) is 5.10 Å². The Morgan fingerprint density at radius 1 is 1.11 bits per heavy atom. The topological polar surface area (TPSA) is 94.5 Å². The van der Waals surface area contributed by atoms with E-state index in [0.29, 0.717) is 23.2 Å². The zero-order valence-corrected chi connectivity index (χ0v) is 22.0. The minimum atomic E-state index is -1.24. The normalized spacial score (nSPS) is 11.4. The van der Waals surface area contributed by atoms with Crippen molar-refractivity contribution in [2.45, 2.75) is 39.5 Å². The Morgan fingerprint density at radius 2 is 1.86 bits per heavy atom. The van der Waals surface area contributed by atoms with Crippen molar-refractivity contribution in [1.29, 1.82) is 0 Å². The van der Waals surface area contributed by atoms with Gasteiger partial charge in [0, 0.05) is 13.5 Å². The standard InChI is InChI=1S/C26H27ClN4O4S/c1-16(32)35-26(2,3)25(33)28-14-17-7-5-8-18(13-17)15-31-19-9-6-10-20(34-4)23(19)24(30-31)29-22-12-11-21(27)36-22/h5-13H,14-15H2,1-4H3,(H,28,33)(H,29,30). The number of fused-ring (bicyclic) bond motifs is 1. The summed E-state index contributed by atoms with van der Waals surface area (Å²) in [5.74, 6) is 0.529. The molecule has 0 aliphatic carbocycles. The Kier molecular flexibility index (Phi) is 7.51. The van der Waals surface area contributed by atoms with Crippen molar-refractivity contribution >= 4 is 56.5 Å². The molecule has 0 radical (unpaired) electrons. The smallest absolute Gasteiger partial charge is 0.303 e. The number of halogens is 1. The van der Waals surface area contributed by atoms with Crippen LogP contribution in [0.4, 0.5) is 10.8 Å². The summed E-state index contributed by atoms with van der Waals surface area (Å²) in [6, 6.07) is 17.5. The highest BCUT2D eigenvalue weighted by Gasteiger charge is 2.30. The number of anilines is 2. The van der Waals surface area contributed by atoms with Crippen LogP contribution in [-0.2, 0) is 27.4 Å². The molecule has 1 amide bonds. The molecule has 2 N–H and O–H groups in total. The van der Waals surface area contributed by atoms with Gasteiger partial charge in [0.25, 0.3) is 5.91 Å². The van der Waals surface area contributed by atoms with Crippen LogP contribution in [0.3, 0.4) is 0 Å². The van der Waals surface area contributed by atoms with Crippen LogP contribution >= 0.6 is 22.9 Å². The van der Waals surface area contributed by atoms with Crippen molar-refractivity contribution in [2.75, 3.05) is 12.4 Å². The lowest BCUT2D eigenvalue weighted by molar-refractivity contribution is -0.163. The molecule has 0 aliphatic heterocycles. The molecule has 0 bridgehead atoms. The van der Waals surface area contributed by atoms with E-state index in [-0.39, 0.29) is 5.91 Å². The van der Waals surface area contributed by atoms with Crippen molar-refractivity contribution in [3.63, 3.8) is 0 Å². The number of hydrogen-bond acceptors (Lipinski definition) is 7. The summed E-state index contributed by atoms with van der Waals surface area (Å²) in [7, 11) is 1.64. The van der Waals surface area contributed by atoms with Gasteiger partial charge in [-0.3, -0.25) is 14.3 Å². The summed E-state index contributed by atoms with van der Waals surface area (Å²) in [6.07, 6.45) is 0. The molecule has 2 aromatic heterocycles. The zero-order valence-electron chi connectivity index (χ0n) is 20.4. The summed E-state index contributed by atoms with van der Waals surface area (Å²) in [5, 5.41) is 12.8. The van der Waals surface area contributed by atoms with Gasteiger partial charge in [0.2, 0.25) is 0 Å². The number of nitrogens with one attached hydrogen (secondary N) is 2. The Balaban J connectivity index is 1.56. The average Bonchev–Trinajstić information content (AvgIpc) is 3.40. The second-order valence-electron chi connectivity index (χ2n) is 8.70. The first-order chi connectivity index (χ1) is 17.2. The Bertz CT molecular complexity index is 1410. The molecular weight excluding hydrogens is 500 g/mol. The van der Waals surface area contributed by atoms with Crippen molar-refractivity contribution in [3.05, 3.63) is 70.1 Å². The number of carbonyl (C=O) groups excluding carboxylic acids is 2. The SMILES string of the molecule is COc1cccc2c1c(Nc1ccc(Cl)s1)nn2Cc1cccc(CNC(=O)C(C)(C)OC(C)=O)c1. The maximum Gasteiger partial charge on any atom is 0.303 e. The van der Waals surface area contributed by atoms with E-state index in [4.69, 9.17) is 26.2 Å². The number of thiophene rings is 1. The van der Waals surface area contributed by atoms with Gasteiger partial charge in [-0.1, -0.05) is 41.9 Å². The zero-order chi connectivity index (χ0) is 25.9. The number of carbonyl (C=O) groups is 2. The lowest BCUT2D eigenvalue weighted by Gasteiger charge is -2.23. The fourth-order valence-corrected chi connectivity index (χ4v) is 4.83. The summed E-state index contributed by atoms with van der Waals surface area (Å²) >= 11 is 7.54. The fraction of sp³-hybridized carbons (Fsp3) is 0.269. The molecule has 0 atom stereocenters. The monoisotopic (exact) mass is 526 g/mol. The largest absolute Gasteiger partial charge is 0.496 e. The number of ether oxygens (including phenoxy) is 2. The summed E-state index contributed by atoms with van der Waals surface area (Å²) in [5.41, 5.74) is 1.60. The molecule has 4 rings (SSSR count). The first-order valence-electron chi connectivity index (χ1n) is 11.3. The molecule has 0 saturated heterocycles. The highest BCUT2D eigenvalue weighted by molar-refractivity contribution is 7.19. The van der Waals surface area contributed by atoms with Crippen LogP contribution in [0.15, 0.2) is 54.6 Å². The second-order valence-corrected chi connectivity index (χ2v) is 10.4. The molecule has 2 aromatic carbocycles. The highest BCUT2D eigenvalue weighted by Crippen LogP contribution is 2.36. The van der Waals surface area contributed by atoms with Gasteiger partial charge in [0.1, 0.15) is 5.75 Å². The Hall–Kier alpha value is -3.56. The number of benzene rings is 2. The van der Waals surface area contributed by atoms with Gasteiger partial charge in [-0.05, 0) is 49.2 Å². The second kappa shape index (κ2) is 10.6. The van der Waals surface area contributed by atoms with E-state index in [9.17, 15) is 9.59 Å². The molecule has 0 aliphatic rings. The minimum Gasteiger partial charge on any atom is -0.496 e. The fourth-order valence-electron chi connectivity index (χ4n) is 3.89. The van der Waals surface area contributed by atoms with Crippen LogP contribution < -0.4 is 15.4 Å². The van der Waals surface area contributed by atoms with Crippen LogP contribution in [-0.4, -0.2) is 34.4 Å². The minimum absolute atomic E-state index is 0.303. The number of methoxy groups -OCH3 is 1. The quantitative estimate of drug-likeness (QED) is 0.279. The predicted molar refractivity (Wildman–Crippen MR) is 142 cm³/mol. The first-order valence-corrected chi connectivity index (χ1v) is 12.5. The van der Waals surface area contributed by atoms with E-state index in [1.807, 2.05) is 59.3 Å². The number of amides is 1. The van der Waals surface area contributed by atoms with Gasteiger partial charge in [0.15, 0.2) is 11.4 Å². The van der Waals surface area contributed by atoms with E-state index in [1.165, 1.54) is 18.3 Å². The van der Waals surface area contributed by atoms with E-state index in [1.54, 1.807) is 21.0 Å². The van der Waals surface area contributed by atoms with Crippen molar-refractivity contribution in [3.8, 4) is 5.75 Å². The van der Waals surface area contributed by atoms with Crippen LogP contribution in [0.1, 0.15) is 31.9 Å². The highest BCUT2D eigenvalue weighted by atomic mass is 35.5. The van der Waals surface area contributed by atoms with E-state index in [2.05, 4.69) is 10.6 Å². The summed E-state index contributed by atoms with van der Waals surface area (Å²) in [4.78, 5) is 23.7. The third-order valence-electron chi connectivity index (χ3n) is 5.50. The average molecular weight is 527 g/mol.